The van der Waals surface area contributed by atoms with Crippen LogP contribution < -0.4 is 4.72 Å². The van der Waals surface area contributed by atoms with Crippen LogP contribution in [0.25, 0.3) is 0 Å². The number of piperidine rings is 1. The topological polar surface area (TPSA) is 49.4 Å². The van der Waals surface area contributed by atoms with Gasteiger partial charge in [0.25, 0.3) is 0 Å². The van der Waals surface area contributed by atoms with Crippen molar-refractivity contribution in [2.24, 2.45) is 0 Å². The lowest BCUT2D eigenvalue weighted by Gasteiger charge is -2.41. The lowest BCUT2D eigenvalue weighted by Crippen LogP contribution is -2.52. The summed E-state index contributed by atoms with van der Waals surface area (Å²) in [6.07, 6.45) is 5.66. The molecule has 16 heavy (non-hydrogen) atoms. The first-order valence-electron chi connectivity index (χ1n) is 6.11. The van der Waals surface area contributed by atoms with Crippen LogP contribution in [0, 0.1) is 0 Å². The van der Waals surface area contributed by atoms with E-state index in [0.29, 0.717) is 18.1 Å². The van der Waals surface area contributed by atoms with Gasteiger partial charge in [0.15, 0.2) is 0 Å². The number of hydrogen-bond donors (Lipinski definition) is 1. The fourth-order valence-electron chi connectivity index (χ4n) is 3.46. The Labute approximate surface area is 98.4 Å². The number of hydrogen-bond acceptors (Lipinski definition) is 3. The predicted octanol–water partition coefficient (Wildman–Crippen LogP) is 0.939. The Hall–Kier alpha value is -0.130. The number of nitrogens with zero attached hydrogens (tertiary/aromatic N) is 1. The standard InChI is InChI=1S/C11H22N2O2S/c1-8(2)13-10-4-5-11(13)7-9(6-10)12-16(3,14)15/h8-12H,4-7H2,1-3H3/t9?,10-,11+. The van der Waals surface area contributed by atoms with Crippen molar-refractivity contribution >= 4 is 10.0 Å². The summed E-state index contributed by atoms with van der Waals surface area (Å²) in [6, 6.07) is 1.90. The molecule has 0 spiro atoms. The second-order valence-electron chi connectivity index (χ2n) is 5.48. The molecule has 2 heterocycles. The van der Waals surface area contributed by atoms with Crippen LogP contribution in [-0.4, -0.2) is 43.7 Å². The third kappa shape index (κ3) is 2.57. The van der Waals surface area contributed by atoms with E-state index in [-0.39, 0.29) is 6.04 Å². The Bertz CT molecular complexity index is 339. The van der Waals surface area contributed by atoms with Crippen molar-refractivity contribution in [1.29, 1.82) is 0 Å². The highest BCUT2D eigenvalue weighted by Gasteiger charge is 2.42. The van der Waals surface area contributed by atoms with Gasteiger partial charge in [-0.1, -0.05) is 0 Å². The van der Waals surface area contributed by atoms with Gasteiger partial charge in [0.05, 0.1) is 6.26 Å². The molecule has 0 aromatic rings. The van der Waals surface area contributed by atoms with Crippen molar-refractivity contribution in [2.75, 3.05) is 6.26 Å². The van der Waals surface area contributed by atoms with E-state index in [9.17, 15) is 8.42 Å². The van der Waals surface area contributed by atoms with Gasteiger partial charge >= 0.3 is 0 Å². The average molecular weight is 246 g/mol. The van der Waals surface area contributed by atoms with Crippen LogP contribution in [0.1, 0.15) is 39.5 Å². The maximum absolute atomic E-state index is 11.2. The van der Waals surface area contributed by atoms with Crippen molar-refractivity contribution in [1.82, 2.24) is 9.62 Å². The molecule has 0 saturated carbocycles. The van der Waals surface area contributed by atoms with Gasteiger partial charge in [-0.15, -0.1) is 0 Å². The fourth-order valence-corrected chi connectivity index (χ4v) is 4.25. The highest BCUT2D eigenvalue weighted by atomic mass is 32.2. The number of sulfonamides is 1. The van der Waals surface area contributed by atoms with Gasteiger partial charge in [0.2, 0.25) is 10.0 Å². The van der Waals surface area contributed by atoms with Gasteiger partial charge < -0.3 is 0 Å². The molecule has 3 atom stereocenters. The summed E-state index contributed by atoms with van der Waals surface area (Å²) in [4.78, 5) is 2.57. The zero-order chi connectivity index (χ0) is 11.9. The molecule has 2 bridgehead atoms. The van der Waals surface area contributed by atoms with Crippen LogP contribution in [0.4, 0.5) is 0 Å². The fraction of sp³-hybridized carbons (Fsp3) is 1.00. The summed E-state index contributed by atoms with van der Waals surface area (Å²) in [6.45, 7) is 4.46. The first-order chi connectivity index (χ1) is 7.37. The monoisotopic (exact) mass is 246 g/mol. The van der Waals surface area contributed by atoms with Crippen LogP contribution in [0.2, 0.25) is 0 Å². The Kier molecular flexibility index (Phi) is 3.29. The molecule has 2 rings (SSSR count). The number of fused-ring (bicyclic) bond motifs is 2. The summed E-state index contributed by atoms with van der Waals surface area (Å²) in [5, 5.41) is 0. The number of rotatable bonds is 3. The van der Waals surface area contributed by atoms with E-state index in [1.54, 1.807) is 0 Å². The van der Waals surface area contributed by atoms with Crippen LogP contribution in [0.5, 0.6) is 0 Å². The molecule has 4 nitrogen and oxygen atoms in total. The largest absolute Gasteiger partial charge is 0.295 e. The molecule has 0 amide bonds. The molecule has 0 aromatic heterocycles. The molecule has 1 N–H and O–H groups in total. The molecule has 2 aliphatic rings. The third-order valence-electron chi connectivity index (χ3n) is 3.77. The summed E-state index contributed by atoms with van der Waals surface area (Å²) < 4.78 is 25.2. The molecule has 94 valence electrons. The minimum atomic E-state index is -3.05. The number of nitrogens with one attached hydrogen (secondary N) is 1. The van der Waals surface area contributed by atoms with E-state index in [1.165, 1.54) is 19.1 Å². The molecule has 5 heteroatoms. The lowest BCUT2D eigenvalue weighted by molar-refractivity contribution is 0.0904. The van der Waals surface area contributed by atoms with Gasteiger partial charge in [-0.2, -0.15) is 0 Å². The molecular weight excluding hydrogens is 224 g/mol. The lowest BCUT2D eigenvalue weighted by atomic mass is 9.97. The normalized spacial score (nSPS) is 35.9. The molecule has 0 radical (unpaired) electrons. The van der Waals surface area contributed by atoms with Gasteiger partial charge in [-0.3, -0.25) is 4.90 Å². The molecule has 2 aliphatic heterocycles. The van der Waals surface area contributed by atoms with Gasteiger partial charge in [0, 0.05) is 24.2 Å². The van der Waals surface area contributed by atoms with E-state index in [4.69, 9.17) is 0 Å². The molecule has 2 saturated heterocycles. The van der Waals surface area contributed by atoms with Crippen LogP contribution in [-0.2, 0) is 10.0 Å². The van der Waals surface area contributed by atoms with E-state index in [1.807, 2.05) is 0 Å². The maximum atomic E-state index is 11.2. The van der Waals surface area contributed by atoms with E-state index >= 15 is 0 Å². The Morgan fingerprint density at radius 3 is 2.06 bits per heavy atom. The Balaban J connectivity index is 2.02. The second kappa shape index (κ2) is 4.27. The van der Waals surface area contributed by atoms with E-state index in [2.05, 4.69) is 23.5 Å². The predicted molar refractivity (Wildman–Crippen MR) is 64.8 cm³/mol. The van der Waals surface area contributed by atoms with E-state index < -0.39 is 10.0 Å². The highest BCUT2D eigenvalue weighted by Crippen LogP contribution is 2.37. The zero-order valence-corrected chi connectivity index (χ0v) is 11.1. The Morgan fingerprint density at radius 1 is 1.19 bits per heavy atom. The molecular formula is C11H22N2O2S. The summed E-state index contributed by atoms with van der Waals surface area (Å²) in [5.41, 5.74) is 0. The summed E-state index contributed by atoms with van der Waals surface area (Å²) >= 11 is 0. The van der Waals surface area contributed by atoms with Crippen molar-refractivity contribution in [3.63, 3.8) is 0 Å². The van der Waals surface area contributed by atoms with Crippen molar-refractivity contribution in [3.05, 3.63) is 0 Å². The first kappa shape index (κ1) is 12.3. The summed E-state index contributed by atoms with van der Waals surface area (Å²) in [7, 11) is -3.05. The van der Waals surface area contributed by atoms with Gasteiger partial charge in [-0.05, 0) is 39.5 Å². The second-order valence-corrected chi connectivity index (χ2v) is 7.26. The van der Waals surface area contributed by atoms with Crippen LogP contribution >= 0.6 is 0 Å². The van der Waals surface area contributed by atoms with Gasteiger partial charge in [-0.25, -0.2) is 13.1 Å². The minimum Gasteiger partial charge on any atom is -0.295 e. The van der Waals surface area contributed by atoms with Crippen molar-refractivity contribution in [2.45, 2.75) is 63.7 Å². The quantitative estimate of drug-likeness (QED) is 0.806. The van der Waals surface area contributed by atoms with Crippen molar-refractivity contribution in [3.8, 4) is 0 Å². The highest BCUT2D eigenvalue weighted by molar-refractivity contribution is 7.88. The van der Waals surface area contributed by atoms with Crippen LogP contribution in [0.15, 0.2) is 0 Å². The minimum absolute atomic E-state index is 0.155. The average Bonchev–Trinajstić information content (AvgIpc) is 2.36. The zero-order valence-electron chi connectivity index (χ0n) is 10.3. The third-order valence-corrected chi connectivity index (χ3v) is 4.53. The van der Waals surface area contributed by atoms with Crippen molar-refractivity contribution < 1.29 is 8.42 Å². The van der Waals surface area contributed by atoms with E-state index in [0.717, 1.165) is 12.8 Å². The smallest absolute Gasteiger partial charge is 0.208 e. The summed E-state index contributed by atoms with van der Waals surface area (Å²) in [5.74, 6) is 0. The SMILES string of the molecule is CC(C)N1[C@@H]2CC[C@H]1CC(NS(C)(=O)=O)C2. The maximum Gasteiger partial charge on any atom is 0.208 e. The molecule has 2 fully saturated rings. The molecule has 0 aromatic carbocycles. The first-order valence-corrected chi connectivity index (χ1v) is 8.00. The van der Waals surface area contributed by atoms with Crippen LogP contribution in [0.3, 0.4) is 0 Å². The van der Waals surface area contributed by atoms with Gasteiger partial charge in [0.1, 0.15) is 0 Å². The Morgan fingerprint density at radius 2 is 1.69 bits per heavy atom. The molecule has 0 aliphatic carbocycles. The molecule has 1 unspecified atom stereocenters.